The topological polar surface area (TPSA) is 3.24 Å². The summed E-state index contributed by atoms with van der Waals surface area (Å²) in [6.07, 6.45) is 8.60. The van der Waals surface area contributed by atoms with Crippen molar-refractivity contribution < 1.29 is 0 Å². The molecule has 0 N–H and O–H groups in total. The van der Waals surface area contributed by atoms with Crippen molar-refractivity contribution in [2.24, 2.45) is 0 Å². The van der Waals surface area contributed by atoms with Crippen LogP contribution >= 0.6 is 0 Å². The van der Waals surface area contributed by atoms with E-state index in [1.54, 1.807) is 0 Å². The summed E-state index contributed by atoms with van der Waals surface area (Å²) < 4.78 is 0. The van der Waals surface area contributed by atoms with Crippen LogP contribution in [0.5, 0.6) is 0 Å². The summed E-state index contributed by atoms with van der Waals surface area (Å²) in [6, 6.07) is 0. The van der Waals surface area contributed by atoms with Gasteiger partial charge in [0.15, 0.2) is 0 Å². The van der Waals surface area contributed by atoms with E-state index in [4.69, 9.17) is 0 Å². The maximum absolute atomic E-state index is 3.76. The molecule has 0 aromatic heterocycles. The van der Waals surface area contributed by atoms with Crippen molar-refractivity contribution >= 4 is 0 Å². The van der Waals surface area contributed by atoms with Crippen LogP contribution in [0, 0.1) is 0 Å². The van der Waals surface area contributed by atoms with Gasteiger partial charge in [0, 0.05) is 13.1 Å². The fourth-order valence-electron chi connectivity index (χ4n) is 1.72. The summed E-state index contributed by atoms with van der Waals surface area (Å²) in [5.41, 5.74) is 2.95. The van der Waals surface area contributed by atoms with Gasteiger partial charge in [-0.15, -0.1) is 0 Å². The first kappa shape index (κ1) is 10.3. The highest BCUT2D eigenvalue weighted by Crippen LogP contribution is 2.21. The second-order valence-electron chi connectivity index (χ2n) is 3.54. The van der Waals surface area contributed by atoms with Gasteiger partial charge in [0.1, 0.15) is 0 Å². The first-order chi connectivity index (χ1) is 6.27. The third-order valence-electron chi connectivity index (χ3n) is 2.61. The van der Waals surface area contributed by atoms with Crippen LogP contribution in [0.1, 0.15) is 19.8 Å². The van der Waals surface area contributed by atoms with Gasteiger partial charge in [-0.25, -0.2) is 0 Å². The van der Waals surface area contributed by atoms with Crippen molar-refractivity contribution in [3.05, 3.63) is 36.0 Å². The van der Waals surface area contributed by atoms with E-state index < -0.39 is 0 Å². The lowest BCUT2D eigenvalue weighted by molar-refractivity contribution is 0.355. The maximum Gasteiger partial charge on any atom is 0.00190 e. The molecule has 0 aromatic carbocycles. The summed E-state index contributed by atoms with van der Waals surface area (Å²) in [5, 5.41) is 0. The number of rotatable bonds is 1. The van der Waals surface area contributed by atoms with Crippen molar-refractivity contribution in [3.63, 3.8) is 0 Å². The second-order valence-corrected chi connectivity index (χ2v) is 3.54. The minimum Gasteiger partial charge on any atom is -0.306 e. The van der Waals surface area contributed by atoms with Crippen molar-refractivity contribution in [2.75, 3.05) is 20.1 Å². The largest absolute Gasteiger partial charge is 0.306 e. The first-order valence-electron chi connectivity index (χ1n) is 4.93. The highest BCUT2D eigenvalue weighted by atomic mass is 15.1. The highest BCUT2D eigenvalue weighted by molar-refractivity contribution is 5.34. The predicted octanol–water partition coefficient (Wildman–Crippen LogP) is 2.77. The molecule has 0 bridgehead atoms. The quantitative estimate of drug-likeness (QED) is 0.595. The smallest absolute Gasteiger partial charge is 0.00190 e. The molecule has 72 valence electrons. The van der Waals surface area contributed by atoms with E-state index in [-0.39, 0.29) is 0 Å². The lowest BCUT2D eigenvalue weighted by atomic mass is 10.0. The molecule has 1 aliphatic heterocycles. The molecule has 1 saturated heterocycles. The molecule has 1 fully saturated rings. The third-order valence-corrected chi connectivity index (χ3v) is 2.61. The van der Waals surface area contributed by atoms with Crippen LogP contribution in [0.15, 0.2) is 36.0 Å². The Morgan fingerprint density at radius 1 is 1.23 bits per heavy atom. The van der Waals surface area contributed by atoms with E-state index in [9.17, 15) is 0 Å². The van der Waals surface area contributed by atoms with Gasteiger partial charge in [-0.1, -0.05) is 24.8 Å². The minimum atomic E-state index is 1.15. The van der Waals surface area contributed by atoms with Crippen LogP contribution in [0.25, 0.3) is 0 Å². The van der Waals surface area contributed by atoms with Crippen molar-refractivity contribution in [3.8, 4) is 0 Å². The fourth-order valence-corrected chi connectivity index (χ4v) is 1.72. The lowest BCUT2D eigenvalue weighted by Crippen LogP contribution is -2.18. The molecule has 1 rings (SSSR count). The Labute approximate surface area is 81.4 Å². The van der Waals surface area contributed by atoms with Crippen molar-refractivity contribution in [2.45, 2.75) is 19.8 Å². The molecular formula is C12H19N. The molecule has 0 atom stereocenters. The standard InChI is InChI=1S/C12H19N/c1-4-6-12-8-10-13(3)9-7-11(12)5-2/h4-6H,1,7-10H2,2-3H3/b11-5-,12-6-. The van der Waals surface area contributed by atoms with Gasteiger partial charge in [-0.05, 0) is 38.0 Å². The average molecular weight is 177 g/mol. The van der Waals surface area contributed by atoms with Crippen LogP contribution in [0.3, 0.4) is 0 Å². The van der Waals surface area contributed by atoms with Crippen molar-refractivity contribution in [1.82, 2.24) is 4.90 Å². The molecule has 0 radical (unpaired) electrons. The van der Waals surface area contributed by atoms with Gasteiger partial charge in [-0.2, -0.15) is 0 Å². The van der Waals surface area contributed by atoms with Crippen LogP contribution in [0.4, 0.5) is 0 Å². The first-order valence-corrected chi connectivity index (χ1v) is 4.93. The summed E-state index contributed by atoms with van der Waals surface area (Å²) in [7, 11) is 2.18. The number of hydrogen-bond donors (Lipinski definition) is 0. The van der Waals surface area contributed by atoms with E-state index >= 15 is 0 Å². The van der Waals surface area contributed by atoms with Crippen LogP contribution in [-0.2, 0) is 0 Å². The third kappa shape index (κ3) is 2.85. The minimum absolute atomic E-state index is 1.15. The molecule has 1 heteroatoms. The lowest BCUT2D eigenvalue weighted by Gasteiger charge is -2.10. The molecule has 0 amide bonds. The van der Waals surface area contributed by atoms with E-state index in [0.29, 0.717) is 0 Å². The Bertz CT molecular complexity index is 236. The van der Waals surface area contributed by atoms with Crippen LogP contribution in [-0.4, -0.2) is 25.0 Å². The van der Waals surface area contributed by atoms with Gasteiger partial charge in [0.05, 0.1) is 0 Å². The van der Waals surface area contributed by atoms with Crippen LogP contribution < -0.4 is 0 Å². The Balaban J connectivity index is 2.79. The van der Waals surface area contributed by atoms with Gasteiger partial charge in [0.25, 0.3) is 0 Å². The Morgan fingerprint density at radius 2 is 1.85 bits per heavy atom. The van der Waals surface area contributed by atoms with Gasteiger partial charge in [-0.3, -0.25) is 0 Å². The predicted molar refractivity (Wildman–Crippen MR) is 58.8 cm³/mol. The Kier molecular flexibility index (Phi) is 3.97. The van der Waals surface area contributed by atoms with Crippen molar-refractivity contribution in [1.29, 1.82) is 0 Å². The summed E-state index contributed by atoms with van der Waals surface area (Å²) in [4.78, 5) is 2.38. The molecule has 1 nitrogen and oxygen atoms in total. The Hall–Kier alpha value is -0.820. The Morgan fingerprint density at radius 3 is 2.38 bits per heavy atom. The summed E-state index contributed by atoms with van der Waals surface area (Å²) >= 11 is 0. The second kappa shape index (κ2) is 5.03. The van der Waals surface area contributed by atoms with E-state index in [0.717, 1.165) is 13.0 Å². The van der Waals surface area contributed by atoms with E-state index in [2.05, 4.69) is 37.6 Å². The molecule has 1 heterocycles. The summed E-state index contributed by atoms with van der Waals surface area (Å²) in [6.45, 7) is 8.22. The molecule has 0 unspecified atom stereocenters. The molecule has 0 aliphatic carbocycles. The van der Waals surface area contributed by atoms with E-state index in [1.165, 1.54) is 24.1 Å². The molecule has 0 aromatic rings. The zero-order chi connectivity index (χ0) is 9.68. The number of likely N-dealkylation sites (tertiary alicyclic amines) is 1. The van der Waals surface area contributed by atoms with Gasteiger partial charge >= 0.3 is 0 Å². The summed E-state index contributed by atoms with van der Waals surface area (Å²) in [5.74, 6) is 0. The zero-order valence-corrected chi connectivity index (χ0v) is 8.71. The SMILES string of the molecule is C=C/C=C1/CCN(C)CC/C1=C/C. The van der Waals surface area contributed by atoms with Crippen LogP contribution in [0.2, 0.25) is 0 Å². The highest BCUT2D eigenvalue weighted by Gasteiger charge is 2.11. The maximum atomic E-state index is 3.76. The average Bonchev–Trinajstić information content (AvgIpc) is 2.30. The molecule has 1 aliphatic rings. The zero-order valence-electron chi connectivity index (χ0n) is 8.71. The number of hydrogen-bond acceptors (Lipinski definition) is 1. The fraction of sp³-hybridized carbons (Fsp3) is 0.500. The normalized spacial score (nSPS) is 26.3. The van der Waals surface area contributed by atoms with Gasteiger partial charge < -0.3 is 4.90 Å². The number of nitrogens with zero attached hydrogens (tertiary/aromatic N) is 1. The van der Waals surface area contributed by atoms with Gasteiger partial charge in [0.2, 0.25) is 0 Å². The molecular weight excluding hydrogens is 158 g/mol. The molecule has 0 spiro atoms. The van der Waals surface area contributed by atoms with E-state index in [1.807, 2.05) is 6.08 Å². The molecule has 0 saturated carbocycles. The monoisotopic (exact) mass is 177 g/mol. The molecule has 13 heavy (non-hydrogen) atoms. The number of allylic oxidation sites excluding steroid dienone is 3.